The van der Waals surface area contributed by atoms with E-state index < -0.39 is 11.8 Å². The fourth-order valence-corrected chi connectivity index (χ4v) is 3.51. The second-order valence-corrected chi connectivity index (χ2v) is 8.20. The maximum absolute atomic E-state index is 12.0. The molecule has 2 N–H and O–H groups in total. The first-order chi connectivity index (χ1) is 15.9. The molecule has 0 fully saturated rings. The number of anilines is 1. The molecule has 3 aromatic rings. The predicted molar refractivity (Wildman–Crippen MR) is 132 cm³/mol. The summed E-state index contributed by atoms with van der Waals surface area (Å²) in [4.78, 5) is 24.0. The molecule has 0 heterocycles. The van der Waals surface area contributed by atoms with Crippen LogP contribution in [0.3, 0.4) is 0 Å². The molecule has 0 saturated heterocycles. The number of nitrogens with zero attached hydrogens (tertiary/aromatic N) is 1. The minimum atomic E-state index is -0.912. The second-order valence-electron chi connectivity index (χ2n) is 6.91. The molecule has 3 rings (SSSR count). The van der Waals surface area contributed by atoms with Crippen LogP contribution in [0.15, 0.2) is 70.2 Å². The third-order valence-electron chi connectivity index (χ3n) is 4.57. The molecule has 0 aliphatic heterocycles. The van der Waals surface area contributed by atoms with Gasteiger partial charge in [-0.2, -0.15) is 5.10 Å². The third kappa shape index (κ3) is 6.81. The molecule has 7 nitrogen and oxygen atoms in total. The molecule has 0 radical (unpaired) electrons. The highest BCUT2D eigenvalue weighted by Gasteiger charge is 2.14. The zero-order valence-corrected chi connectivity index (χ0v) is 20.2. The number of rotatable bonds is 7. The van der Waals surface area contributed by atoms with Crippen molar-refractivity contribution < 1.29 is 19.1 Å². The molecule has 2 amide bonds. The van der Waals surface area contributed by atoms with Crippen molar-refractivity contribution in [2.75, 3.05) is 12.4 Å². The quantitative estimate of drug-likeness (QED) is 0.253. The van der Waals surface area contributed by atoms with Crippen LogP contribution in [0.25, 0.3) is 0 Å². The highest BCUT2D eigenvalue weighted by molar-refractivity contribution is 9.10. The second kappa shape index (κ2) is 11.5. The van der Waals surface area contributed by atoms with Crippen LogP contribution in [-0.4, -0.2) is 25.1 Å². The van der Waals surface area contributed by atoms with Crippen LogP contribution in [0.2, 0.25) is 5.02 Å². The highest BCUT2D eigenvalue weighted by Crippen LogP contribution is 2.37. The Kier molecular flexibility index (Phi) is 8.46. The average molecular weight is 531 g/mol. The van der Waals surface area contributed by atoms with E-state index in [0.717, 1.165) is 11.1 Å². The van der Waals surface area contributed by atoms with Crippen molar-refractivity contribution in [1.82, 2.24) is 5.43 Å². The zero-order valence-electron chi connectivity index (χ0n) is 17.9. The molecule has 0 unspecified atom stereocenters. The fourth-order valence-electron chi connectivity index (χ4n) is 2.81. The summed E-state index contributed by atoms with van der Waals surface area (Å²) in [5.74, 6) is -0.728. The van der Waals surface area contributed by atoms with Gasteiger partial charge in [-0.1, -0.05) is 35.9 Å². The lowest BCUT2D eigenvalue weighted by atomic mass is 10.1. The molecule has 9 heteroatoms. The molecule has 0 spiro atoms. The number of nitrogens with one attached hydrogen (secondary N) is 2. The van der Waals surface area contributed by atoms with E-state index in [1.54, 1.807) is 36.4 Å². The van der Waals surface area contributed by atoms with Crippen LogP contribution in [0.1, 0.15) is 16.7 Å². The molecule has 0 atom stereocenters. The molecule has 0 aliphatic rings. The molecule has 33 heavy (non-hydrogen) atoms. The van der Waals surface area contributed by atoms with Gasteiger partial charge in [-0.05, 0) is 75.9 Å². The number of aryl methyl sites for hydroxylation is 1. The number of carbonyl (C=O) groups is 2. The maximum Gasteiger partial charge on any atom is 0.329 e. The minimum Gasteiger partial charge on any atom is -0.493 e. The van der Waals surface area contributed by atoms with Crippen molar-refractivity contribution in [3.8, 4) is 11.5 Å². The van der Waals surface area contributed by atoms with Crippen LogP contribution >= 0.6 is 27.5 Å². The predicted octanol–water partition coefficient (Wildman–Crippen LogP) is 5.09. The number of halogens is 2. The van der Waals surface area contributed by atoms with Crippen LogP contribution in [0.5, 0.6) is 11.5 Å². The van der Waals surface area contributed by atoms with Crippen molar-refractivity contribution in [3.63, 3.8) is 0 Å². The molecule has 0 bridgehead atoms. The van der Waals surface area contributed by atoms with Crippen molar-refractivity contribution in [3.05, 3.63) is 86.8 Å². The Labute approximate surface area is 204 Å². The van der Waals surface area contributed by atoms with E-state index in [1.165, 1.54) is 13.3 Å². The average Bonchev–Trinajstić information content (AvgIpc) is 2.80. The molecule has 0 saturated carbocycles. The van der Waals surface area contributed by atoms with Gasteiger partial charge in [0.15, 0.2) is 11.5 Å². The first kappa shape index (κ1) is 24.3. The Bertz CT molecular complexity index is 1180. The summed E-state index contributed by atoms with van der Waals surface area (Å²) in [7, 11) is 1.53. The number of methoxy groups -OCH3 is 1. The van der Waals surface area contributed by atoms with E-state index >= 15 is 0 Å². The SMILES string of the molecule is COc1cc(/C=N/NC(=O)C(=O)Nc2ccc(Cl)cc2)cc(Br)c1OCc1ccccc1C. The van der Waals surface area contributed by atoms with Gasteiger partial charge in [-0.15, -0.1) is 0 Å². The van der Waals surface area contributed by atoms with E-state index in [2.05, 4.69) is 31.8 Å². The first-order valence-electron chi connectivity index (χ1n) is 9.82. The van der Waals surface area contributed by atoms with Gasteiger partial charge >= 0.3 is 11.8 Å². The standard InChI is InChI=1S/C24H21BrClN3O4/c1-15-5-3-4-6-17(15)14-33-22-20(25)11-16(12-21(22)32-2)13-27-29-24(31)23(30)28-19-9-7-18(26)8-10-19/h3-13H,14H2,1-2H3,(H,28,30)(H,29,31)/b27-13+. The lowest BCUT2D eigenvalue weighted by Crippen LogP contribution is -2.32. The Morgan fingerprint density at radius 3 is 2.52 bits per heavy atom. The summed E-state index contributed by atoms with van der Waals surface area (Å²) in [5, 5.41) is 6.83. The highest BCUT2D eigenvalue weighted by atomic mass is 79.9. The molecule has 3 aromatic carbocycles. The molecular formula is C24H21BrClN3O4. The normalized spacial score (nSPS) is 10.7. The molecule has 170 valence electrons. The number of hydrogen-bond acceptors (Lipinski definition) is 5. The van der Waals surface area contributed by atoms with Crippen LogP contribution in [0.4, 0.5) is 5.69 Å². The fraction of sp³-hybridized carbons (Fsp3) is 0.125. The van der Waals surface area contributed by atoms with Crippen LogP contribution in [0, 0.1) is 6.92 Å². The summed E-state index contributed by atoms with van der Waals surface area (Å²) in [6, 6.07) is 17.8. The third-order valence-corrected chi connectivity index (χ3v) is 5.41. The number of benzene rings is 3. The summed E-state index contributed by atoms with van der Waals surface area (Å²) in [5.41, 5.74) is 5.46. The smallest absolute Gasteiger partial charge is 0.329 e. The summed E-state index contributed by atoms with van der Waals surface area (Å²) in [6.45, 7) is 2.41. The van der Waals surface area contributed by atoms with Gasteiger partial charge < -0.3 is 14.8 Å². The Morgan fingerprint density at radius 2 is 1.82 bits per heavy atom. The van der Waals surface area contributed by atoms with Gasteiger partial charge in [0, 0.05) is 10.7 Å². The molecular weight excluding hydrogens is 510 g/mol. The largest absolute Gasteiger partial charge is 0.493 e. The van der Waals surface area contributed by atoms with E-state index in [-0.39, 0.29) is 0 Å². The number of carbonyl (C=O) groups excluding carboxylic acids is 2. The summed E-state index contributed by atoms with van der Waals surface area (Å²) >= 11 is 9.29. The van der Waals surface area contributed by atoms with E-state index in [1.807, 2.05) is 31.2 Å². The topological polar surface area (TPSA) is 89.0 Å². The Balaban J connectivity index is 1.62. The summed E-state index contributed by atoms with van der Waals surface area (Å²) < 4.78 is 12.1. The van der Waals surface area contributed by atoms with Gasteiger partial charge in [0.25, 0.3) is 0 Å². The van der Waals surface area contributed by atoms with Gasteiger partial charge in [0.2, 0.25) is 0 Å². The Morgan fingerprint density at radius 1 is 1.09 bits per heavy atom. The molecule has 0 aliphatic carbocycles. The first-order valence-corrected chi connectivity index (χ1v) is 11.0. The van der Waals surface area contributed by atoms with Gasteiger partial charge in [-0.3, -0.25) is 9.59 Å². The molecule has 0 aromatic heterocycles. The zero-order chi connectivity index (χ0) is 23.8. The van der Waals surface area contributed by atoms with Crippen LogP contribution < -0.4 is 20.2 Å². The van der Waals surface area contributed by atoms with E-state index in [9.17, 15) is 9.59 Å². The minimum absolute atomic E-state index is 0.383. The number of hydrazone groups is 1. The lowest BCUT2D eigenvalue weighted by Gasteiger charge is -2.14. The van der Waals surface area contributed by atoms with E-state index in [4.69, 9.17) is 21.1 Å². The monoisotopic (exact) mass is 529 g/mol. The van der Waals surface area contributed by atoms with Crippen molar-refractivity contribution in [2.45, 2.75) is 13.5 Å². The van der Waals surface area contributed by atoms with E-state index in [0.29, 0.717) is 38.9 Å². The summed E-state index contributed by atoms with van der Waals surface area (Å²) in [6.07, 6.45) is 1.39. The number of hydrogen-bond donors (Lipinski definition) is 2. The number of ether oxygens (including phenoxy) is 2. The van der Waals surface area contributed by atoms with Crippen molar-refractivity contribution >= 4 is 51.2 Å². The number of amides is 2. The maximum atomic E-state index is 12.0. The van der Waals surface area contributed by atoms with Gasteiger partial charge in [0.05, 0.1) is 17.8 Å². The van der Waals surface area contributed by atoms with Gasteiger partial charge in [0.1, 0.15) is 6.61 Å². The van der Waals surface area contributed by atoms with Crippen molar-refractivity contribution in [1.29, 1.82) is 0 Å². The van der Waals surface area contributed by atoms with Crippen molar-refractivity contribution in [2.24, 2.45) is 5.10 Å². The van der Waals surface area contributed by atoms with Crippen LogP contribution in [-0.2, 0) is 16.2 Å². The lowest BCUT2D eigenvalue weighted by molar-refractivity contribution is -0.136. The Hall–Kier alpha value is -3.36. The van der Waals surface area contributed by atoms with Gasteiger partial charge in [-0.25, -0.2) is 5.43 Å².